The topological polar surface area (TPSA) is 43.3 Å². The lowest BCUT2D eigenvalue weighted by molar-refractivity contribution is -0.124. The molecule has 1 N–H and O–H groups in total. The van der Waals surface area contributed by atoms with E-state index < -0.39 is 0 Å². The Labute approximate surface area is 118 Å². The van der Waals surface area contributed by atoms with Crippen LogP contribution < -0.4 is 5.32 Å². The first-order valence-corrected chi connectivity index (χ1v) is 7.16. The number of amides is 1. The molecule has 1 aliphatic heterocycles. The fourth-order valence-corrected chi connectivity index (χ4v) is 2.82. The second kappa shape index (κ2) is 5.67. The molecule has 2 aromatic rings. The fraction of sp³-hybridized carbons (Fsp3) is 0.438. The standard InChI is InChI=1S/C16H20N2O2/c1-12-10-13-4-2-3-5-15(13)18(12)8-7-17-16(19)14-6-9-20-11-14/h2-5,10,14H,6-9,11H2,1H3,(H,17,19)/t14-/m1/s1. The van der Waals surface area contributed by atoms with E-state index in [4.69, 9.17) is 4.74 Å². The van der Waals surface area contributed by atoms with Gasteiger partial charge in [-0.25, -0.2) is 0 Å². The number of hydrogen-bond acceptors (Lipinski definition) is 2. The Morgan fingerprint density at radius 3 is 3.10 bits per heavy atom. The first-order valence-electron chi connectivity index (χ1n) is 7.16. The number of rotatable bonds is 4. The smallest absolute Gasteiger partial charge is 0.225 e. The molecule has 1 atom stereocenters. The number of benzene rings is 1. The SMILES string of the molecule is Cc1cc2ccccc2n1CCNC(=O)[C@@H]1CCOC1. The maximum Gasteiger partial charge on any atom is 0.225 e. The van der Waals surface area contributed by atoms with Crippen LogP contribution in [0.25, 0.3) is 10.9 Å². The lowest BCUT2D eigenvalue weighted by atomic mass is 10.1. The van der Waals surface area contributed by atoms with Crippen molar-refractivity contribution in [2.24, 2.45) is 5.92 Å². The number of fused-ring (bicyclic) bond motifs is 1. The molecule has 1 fully saturated rings. The molecule has 0 radical (unpaired) electrons. The Morgan fingerprint density at radius 1 is 1.45 bits per heavy atom. The van der Waals surface area contributed by atoms with Crippen LogP contribution in [0.5, 0.6) is 0 Å². The van der Waals surface area contributed by atoms with E-state index in [-0.39, 0.29) is 11.8 Å². The minimum absolute atomic E-state index is 0.0394. The number of aromatic nitrogens is 1. The summed E-state index contributed by atoms with van der Waals surface area (Å²) in [5.74, 6) is 0.161. The summed E-state index contributed by atoms with van der Waals surface area (Å²) >= 11 is 0. The number of aryl methyl sites for hydroxylation is 1. The van der Waals surface area contributed by atoms with Crippen molar-refractivity contribution in [3.8, 4) is 0 Å². The molecule has 0 aliphatic carbocycles. The van der Waals surface area contributed by atoms with Crippen LogP contribution in [0.4, 0.5) is 0 Å². The summed E-state index contributed by atoms with van der Waals surface area (Å²) in [6.45, 7) is 4.84. The van der Waals surface area contributed by atoms with Crippen LogP contribution >= 0.6 is 0 Å². The molecule has 1 aromatic heterocycles. The third-order valence-electron chi connectivity index (χ3n) is 3.95. The van der Waals surface area contributed by atoms with Crippen molar-refractivity contribution in [2.75, 3.05) is 19.8 Å². The Balaban J connectivity index is 1.62. The van der Waals surface area contributed by atoms with Gasteiger partial charge >= 0.3 is 0 Å². The van der Waals surface area contributed by atoms with Crippen molar-refractivity contribution in [1.82, 2.24) is 9.88 Å². The third kappa shape index (κ3) is 2.56. The van der Waals surface area contributed by atoms with Gasteiger partial charge in [0.25, 0.3) is 0 Å². The number of carbonyl (C=O) groups excluding carboxylic acids is 1. The number of hydrogen-bond donors (Lipinski definition) is 1. The molecule has 20 heavy (non-hydrogen) atoms. The van der Waals surface area contributed by atoms with E-state index in [1.807, 2.05) is 12.1 Å². The van der Waals surface area contributed by atoms with Crippen LogP contribution in [0.3, 0.4) is 0 Å². The molecule has 3 rings (SSSR count). The van der Waals surface area contributed by atoms with Crippen LogP contribution in [0.2, 0.25) is 0 Å². The van der Waals surface area contributed by atoms with Gasteiger partial charge in [0.1, 0.15) is 0 Å². The highest BCUT2D eigenvalue weighted by Crippen LogP contribution is 2.18. The van der Waals surface area contributed by atoms with Crippen molar-refractivity contribution in [2.45, 2.75) is 19.9 Å². The van der Waals surface area contributed by atoms with Crippen LogP contribution in [-0.4, -0.2) is 30.2 Å². The predicted octanol–water partition coefficient (Wildman–Crippen LogP) is 2.10. The van der Waals surface area contributed by atoms with E-state index in [0.717, 1.165) is 13.0 Å². The Hall–Kier alpha value is -1.81. The molecule has 1 aromatic carbocycles. The summed E-state index contributed by atoms with van der Waals surface area (Å²) in [6.07, 6.45) is 0.845. The molecule has 4 heteroatoms. The quantitative estimate of drug-likeness (QED) is 0.926. The molecule has 0 saturated carbocycles. The van der Waals surface area contributed by atoms with Gasteiger partial charge in [-0.15, -0.1) is 0 Å². The van der Waals surface area contributed by atoms with Gasteiger partial charge in [0.05, 0.1) is 12.5 Å². The van der Waals surface area contributed by atoms with Crippen molar-refractivity contribution in [1.29, 1.82) is 0 Å². The lowest BCUT2D eigenvalue weighted by Gasteiger charge is -2.12. The molecule has 1 aliphatic rings. The van der Waals surface area contributed by atoms with Crippen LogP contribution in [0, 0.1) is 12.8 Å². The average Bonchev–Trinajstić information content (AvgIpc) is 3.07. The van der Waals surface area contributed by atoms with Crippen LogP contribution in [0.1, 0.15) is 12.1 Å². The normalized spacial score (nSPS) is 18.6. The first kappa shape index (κ1) is 13.2. The van der Waals surface area contributed by atoms with Crippen molar-refractivity contribution >= 4 is 16.8 Å². The molecular weight excluding hydrogens is 252 g/mol. The highest BCUT2D eigenvalue weighted by molar-refractivity contribution is 5.81. The van der Waals surface area contributed by atoms with E-state index in [9.17, 15) is 4.79 Å². The minimum Gasteiger partial charge on any atom is -0.381 e. The van der Waals surface area contributed by atoms with Crippen LogP contribution in [-0.2, 0) is 16.1 Å². The summed E-state index contributed by atoms with van der Waals surface area (Å²) in [5, 5.41) is 4.27. The largest absolute Gasteiger partial charge is 0.381 e. The zero-order valence-corrected chi connectivity index (χ0v) is 11.8. The van der Waals surface area contributed by atoms with Gasteiger partial charge in [-0.1, -0.05) is 18.2 Å². The van der Waals surface area contributed by atoms with E-state index in [0.29, 0.717) is 19.8 Å². The van der Waals surface area contributed by atoms with Gasteiger partial charge in [0.15, 0.2) is 0 Å². The molecule has 1 saturated heterocycles. The average molecular weight is 272 g/mol. The summed E-state index contributed by atoms with van der Waals surface area (Å²) in [7, 11) is 0. The van der Waals surface area contributed by atoms with E-state index in [1.54, 1.807) is 0 Å². The van der Waals surface area contributed by atoms with Gasteiger partial charge in [-0.05, 0) is 30.9 Å². The lowest BCUT2D eigenvalue weighted by Crippen LogP contribution is -2.33. The summed E-state index contributed by atoms with van der Waals surface area (Å²) < 4.78 is 7.49. The molecule has 106 valence electrons. The number of nitrogens with zero attached hydrogens (tertiary/aromatic N) is 1. The zero-order chi connectivity index (χ0) is 13.9. The molecule has 1 amide bonds. The Kier molecular flexibility index (Phi) is 3.74. The molecular formula is C16H20N2O2. The molecule has 0 unspecified atom stereocenters. The van der Waals surface area contributed by atoms with Gasteiger partial charge in [0, 0.05) is 30.9 Å². The van der Waals surface area contributed by atoms with Gasteiger partial charge in [-0.2, -0.15) is 0 Å². The monoisotopic (exact) mass is 272 g/mol. The Bertz CT molecular complexity index is 612. The van der Waals surface area contributed by atoms with Crippen molar-refractivity contribution in [3.05, 3.63) is 36.0 Å². The minimum atomic E-state index is 0.0394. The second-order valence-electron chi connectivity index (χ2n) is 5.35. The van der Waals surface area contributed by atoms with E-state index >= 15 is 0 Å². The molecule has 0 spiro atoms. The highest BCUT2D eigenvalue weighted by Gasteiger charge is 2.22. The van der Waals surface area contributed by atoms with Crippen LogP contribution in [0.15, 0.2) is 30.3 Å². The summed E-state index contributed by atoms with van der Waals surface area (Å²) in [5.41, 5.74) is 2.45. The summed E-state index contributed by atoms with van der Waals surface area (Å²) in [6, 6.07) is 10.5. The fourth-order valence-electron chi connectivity index (χ4n) is 2.82. The number of carbonyl (C=O) groups is 1. The number of ether oxygens (including phenoxy) is 1. The van der Waals surface area contributed by atoms with E-state index in [2.05, 4.69) is 35.0 Å². The van der Waals surface area contributed by atoms with Gasteiger partial charge < -0.3 is 14.6 Å². The highest BCUT2D eigenvalue weighted by atomic mass is 16.5. The molecule has 4 nitrogen and oxygen atoms in total. The van der Waals surface area contributed by atoms with Crippen molar-refractivity contribution in [3.63, 3.8) is 0 Å². The van der Waals surface area contributed by atoms with Gasteiger partial charge in [-0.3, -0.25) is 4.79 Å². The maximum absolute atomic E-state index is 11.9. The predicted molar refractivity (Wildman–Crippen MR) is 78.6 cm³/mol. The molecule has 2 heterocycles. The number of para-hydroxylation sites is 1. The van der Waals surface area contributed by atoms with Crippen molar-refractivity contribution < 1.29 is 9.53 Å². The molecule has 0 bridgehead atoms. The second-order valence-corrected chi connectivity index (χ2v) is 5.35. The first-order chi connectivity index (χ1) is 9.75. The van der Waals surface area contributed by atoms with Gasteiger partial charge in [0.2, 0.25) is 5.91 Å². The zero-order valence-electron chi connectivity index (χ0n) is 11.8. The van der Waals surface area contributed by atoms with E-state index in [1.165, 1.54) is 16.6 Å². The third-order valence-corrected chi connectivity index (χ3v) is 3.95. The summed E-state index contributed by atoms with van der Waals surface area (Å²) in [4.78, 5) is 11.9. The Morgan fingerprint density at radius 2 is 2.30 bits per heavy atom. The number of nitrogens with one attached hydrogen (secondary N) is 1. The maximum atomic E-state index is 11.9.